The van der Waals surface area contributed by atoms with E-state index in [1.165, 1.54) is 5.56 Å². The zero-order chi connectivity index (χ0) is 33.9. The molecule has 7 nitrogen and oxygen atoms in total. The zero-order valence-corrected chi connectivity index (χ0v) is 29.8. The highest BCUT2D eigenvalue weighted by atomic mass is 16.5. The fourth-order valence-electron chi connectivity index (χ4n) is 5.28. The lowest BCUT2D eigenvalue weighted by molar-refractivity contribution is 0.236. The van der Waals surface area contributed by atoms with Gasteiger partial charge in [0.1, 0.15) is 23.1 Å². The first-order chi connectivity index (χ1) is 22.9. The molecule has 1 heterocycles. The molecule has 0 atom stereocenters. The molecule has 0 unspecified atom stereocenters. The molecule has 47 heavy (non-hydrogen) atoms. The number of hydrogen-bond acceptors (Lipinski definition) is 6. The van der Waals surface area contributed by atoms with Gasteiger partial charge in [-0.1, -0.05) is 58.7 Å². The molecule has 0 saturated carbocycles. The third kappa shape index (κ3) is 12.8. The predicted molar refractivity (Wildman–Crippen MR) is 196 cm³/mol. The lowest BCUT2D eigenvalue weighted by Crippen LogP contribution is -2.25. The highest BCUT2D eigenvalue weighted by Gasteiger charge is 2.12. The summed E-state index contributed by atoms with van der Waals surface area (Å²) in [5, 5.41) is 8.48. The average Bonchev–Trinajstić information content (AvgIpc) is 3.54. The van der Waals surface area contributed by atoms with Crippen LogP contribution in [0.1, 0.15) is 71.7 Å². The van der Waals surface area contributed by atoms with E-state index in [1.54, 1.807) is 0 Å². The molecule has 0 saturated heterocycles. The molecule has 4 rings (SSSR count). The SMILES string of the molecule is CCCCc1nc(-c2ccc(OCCCN(CC)CC)cc2)cn1-c1ccc(Oc2ccc(C)cc2)cc1.CCN(CC)CCCO. The fourth-order valence-corrected chi connectivity index (χ4v) is 5.28. The number of rotatable bonds is 19. The van der Waals surface area contributed by atoms with Crippen LogP contribution < -0.4 is 9.47 Å². The molecular formula is C40H58N4O3. The first-order valence-corrected chi connectivity index (χ1v) is 17.7. The Morgan fingerprint density at radius 1 is 0.681 bits per heavy atom. The van der Waals surface area contributed by atoms with Crippen molar-refractivity contribution in [3.05, 3.63) is 90.4 Å². The molecule has 0 aliphatic carbocycles. The van der Waals surface area contributed by atoms with E-state index in [2.05, 4.69) is 111 Å². The van der Waals surface area contributed by atoms with E-state index in [1.807, 2.05) is 24.3 Å². The van der Waals surface area contributed by atoms with Crippen LogP contribution in [0.5, 0.6) is 17.2 Å². The quantitative estimate of drug-likeness (QED) is 0.103. The van der Waals surface area contributed by atoms with Crippen LogP contribution in [0.25, 0.3) is 16.9 Å². The van der Waals surface area contributed by atoms with Crippen molar-refractivity contribution < 1.29 is 14.6 Å². The summed E-state index contributed by atoms with van der Waals surface area (Å²) in [6.07, 6.45) is 7.24. The van der Waals surface area contributed by atoms with Crippen LogP contribution in [0.15, 0.2) is 79.0 Å². The number of ether oxygens (including phenoxy) is 2. The van der Waals surface area contributed by atoms with Crippen molar-refractivity contribution in [1.82, 2.24) is 19.4 Å². The van der Waals surface area contributed by atoms with Crippen molar-refractivity contribution in [2.24, 2.45) is 0 Å². The van der Waals surface area contributed by atoms with Crippen molar-refractivity contribution in [2.75, 3.05) is 52.5 Å². The van der Waals surface area contributed by atoms with Gasteiger partial charge in [-0.3, -0.25) is 0 Å². The molecule has 0 spiro atoms. The maximum atomic E-state index is 8.48. The molecule has 0 amide bonds. The summed E-state index contributed by atoms with van der Waals surface area (Å²) in [4.78, 5) is 9.74. The van der Waals surface area contributed by atoms with E-state index < -0.39 is 0 Å². The standard InChI is InChI=1S/C33H41N3O2.C7H17NO/c1-5-8-10-33-34-32(27-13-19-29(20-14-27)37-24-9-23-35(6-2)7-3)25-36(33)28-15-21-31(22-16-28)38-30-17-11-26(4)12-18-30;1-3-8(4-2)6-5-7-9/h11-22,25H,5-10,23-24H2,1-4H3;9H,3-7H2,1-2H3. The van der Waals surface area contributed by atoms with E-state index in [9.17, 15) is 0 Å². The summed E-state index contributed by atoms with van der Waals surface area (Å²) >= 11 is 0. The Bertz CT molecular complexity index is 1380. The van der Waals surface area contributed by atoms with Crippen LogP contribution in [-0.2, 0) is 6.42 Å². The van der Waals surface area contributed by atoms with Crippen LogP contribution in [0.2, 0.25) is 0 Å². The molecule has 3 aromatic carbocycles. The second-order valence-corrected chi connectivity index (χ2v) is 11.8. The average molecular weight is 643 g/mol. The van der Waals surface area contributed by atoms with Crippen molar-refractivity contribution in [3.63, 3.8) is 0 Å². The van der Waals surface area contributed by atoms with Gasteiger partial charge in [0.2, 0.25) is 0 Å². The molecule has 0 aliphatic rings. The lowest BCUT2D eigenvalue weighted by atomic mass is 10.1. The molecular weight excluding hydrogens is 584 g/mol. The number of nitrogens with zero attached hydrogens (tertiary/aromatic N) is 4. The van der Waals surface area contributed by atoms with Crippen LogP contribution in [-0.4, -0.2) is 76.9 Å². The van der Waals surface area contributed by atoms with Gasteiger partial charge in [-0.2, -0.15) is 0 Å². The Labute approximate surface area is 284 Å². The third-order valence-corrected chi connectivity index (χ3v) is 8.36. The normalized spacial score (nSPS) is 11.1. The van der Waals surface area contributed by atoms with E-state index >= 15 is 0 Å². The van der Waals surface area contributed by atoms with Crippen LogP contribution in [0.3, 0.4) is 0 Å². The summed E-state index contributed by atoms with van der Waals surface area (Å²) in [5.74, 6) is 3.64. The highest BCUT2D eigenvalue weighted by Crippen LogP contribution is 2.27. The van der Waals surface area contributed by atoms with E-state index in [0.717, 1.165) is 118 Å². The van der Waals surface area contributed by atoms with Gasteiger partial charge in [0.15, 0.2) is 0 Å². The predicted octanol–water partition coefficient (Wildman–Crippen LogP) is 8.80. The van der Waals surface area contributed by atoms with Gasteiger partial charge in [0.05, 0.1) is 12.3 Å². The zero-order valence-electron chi connectivity index (χ0n) is 29.8. The van der Waals surface area contributed by atoms with Crippen LogP contribution in [0.4, 0.5) is 0 Å². The van der Waals surface area contributed by atoms with E-state index in [4.69, 9.17) is 19.6 Å². The molecule has 1 aromatic heterocycles. The minimum absolute atomic E-state index is 0.316. The summed E-state index contributed by atoms with van der Waals surface area (Å²) in [6.45, 7) is 20.5. The Hall–Kier alpha value is -3.65. The Morgan fingerprint density at radius 3 is 1.79 bits per heavy atom. The largest absolute Gasteiger partial charge is 0.494 e. The van der Waals surface area contributed by atoms with Gasteiger partial charge in [-0.05, 0) is 113 Å². The number of imidazole rings is 1. The van der Waals surface area contributed by atoms with Gasteiger partial charge in [0, 0.05) is 43.6 Å². The first-order valence-electron chi connectivity index (χ1n) is 17.7. The number of aromatic nitrogens is 2. The monoisotopic (exact) mass is 642 g/mol. The molecule has 0 radical (unpaired) electrons. The van der Waals surface area contributed by atoms with Crippen molar-refractivity contribution >= 4 is 0 Å². The Morgan fingerprint density at radius 2 is 1.23 bits per heavy atom. The summed E-state index contributed by atoms with van der Waals surface area (Å²) < 4.78 is 14.2. The maximum absolute atomic E-state index is 8.48. The van der Waals surface area contributed by atoms with Crippen molar-refractivity contribution in [2.45, 2.75) is 73.6 Å². The van der Waals surface area contributed by atoms with Gasteiger partial charge in [0.25, 0.3) is 0 Å². The molecule has 1 N–H and O–H groups in total. The topological polar surface area (TPSA) is 63.0 Å². The van der Waals surface area contributed by atoms with Crippen LogP contribution in [0, 0.1) is 6.92 Å². The maximum Gasteiger partial charge on any atom is 0.127 e. The van der Waals surface area contributed by atoms with E-state index in [-0.39, 0.29) is 0 Å². The Kier molecular flexibility index (Phi) is 17.1. The number of aliphatic hydroxyl groups is 1. The summed E-state index contributed by atoms with van der Waals surface area (Å²) in [6, 6.07) is 24.7. The third-order valence-electron chi connectivity index (χ3n) is 8.36. The second kappa shape index (κ2) is 21.3. The minimum Gasteiger partial charge on any atom is -0.494 e. The van der Waals surface area contributed by atoms with Crippen LogP contribution >= 0.6 is 0 Å². The number of hydrogen-bond donors (Lipinski definition) is 1. The lowest BCUT2D eigenvalue weighted by Gasteiger charge is -2.17. The van der Waals surface area contributed by atoms with Gasteiger partial charge in [-0.15, -0.1) is 0 Å². The highest BCUT2D eigenvalue weighted by molar-refractivity contribution is 5.61. The first kappa shape index (κ1) is 37.8. The van der Waals surface area contributed by atoms with Crippen molar-refractivity contribution in [3.8, 4) is 34.2 Å². The molecule has 7 heteroatoms. The molecule has 0 aliphatic heterocycles. The van der Waals surface area contributed by atoms with E-state index in [0.29, 0.717) is 6.61 Å². The molecule has 4 aromatic rings. The molecule has 0 bridgehead atoms. The minimum atomic E-state index is 0.316. The smallest absolute Gasteiger partial charge is 0.127 e. The summed E-state index contributed by atoms with van der Waals surface area (Å²) in [5.41, 5.74) is 4.37. The fraction of sp³-hybridized carbons (Fsp3) is 0.475. The van der Waals surface area contributed by atoms with Gasteiger partial charge < -0.3 is 28.9 Å². The molecule has 256 valence electrons. The van der Waals surface area contributed by atoms with Crippen molar-refractivity contribution in [1.29, 1.82) is 0 Å². The van der Waals surface area contributed by atoms with Gasteiger partial charge >= 0.3 is 0 Å². The number of benzene rings is 3. The summed E-state index contributed by atoms with van der Waals surface area (Å²) in [7, 11) is 0. The van der Waals surface area contributed by atoms with Gasteiger partial charge in [-0.25, -0.2) is 4.98 Å². The Balaban J connectivity index is 0.000000584. The number of aryl methyl sites for hydroxylation is 2. The number of aliphatic hydroxyl groups excluding tert-OH is 1. The second-order valence-electron chi connectivity index (χ2n) is 11.8. The molecule has 0 fully saturated rings. The number of unbranched alkanes of at least 4 members (excludes halogenated alkanes) is 1.